The molecule has 1 aliphatic rings. The quantitative estimate of drug-likeness (QED) is 0.632. The molecule has 0 aromatic heterocycles. The predicted octanol–water partition coefficient (Wildman–Crippen LogP) is 3.38. The molecule has 3 N–H and O–H groups in total. The van der Waals surface area contributed by atoms with Crippen LogP contribution in [0.4, 0.5) is 0 Å². The van der Waals surface area contributed by atoms with Crippen LogP contribution in [0.2, 0.25) is 5.02 Å². The van der Waals surface area contributed by atoms with Crippen LogP contribution in [0.1, 0.15) is 49.9 Å². The van der Waals surface area contributed by atoms with E-state index in [0.717, 1.165) is 25.7 Å². The van der Waals surface area contributed by atoms with Gasteiger partial charge in [-0.15, -0.1) is 0 Å². The zero-order valence-electron chi connectivity index (χ0n) is 14.4. The van der Waals surface area contributed by atoms with E-state index in [2.05, 4.69) is 12.2 Å². The van der Waals surface area contributed by atoms with Crippen LogP contribution < -0.4 is 20.5 Å². The molecular formula is C18H27ClN2O3. The van der Waals surface area contributed by atoms with E-state index in [1.54, 1.807) is 12.1 Å². The van der Waals surface area contributed by atoms with Gasteiger partial charge < -0.3 is 20.5 Å². The third kappa shape index (κ3) is 5.28. The van der Waals surface area contributed by atoms with Crippen molar-refractivity contribution in [3.8, 4) is 11.5 Å². The van der Waals surface area contributed by atoms with Crippen molar-refractivity contribution in [1.29, 1.82) is 0 Å². The fourth-order valence-electron chi connectivity index (χ4n) is 2.42. The molecule has 1 aromatic carbocycles. The zero-order valence-corrected chi connectivity index (χ0v) is 15.2. The minimum atomic E-state index is -0.200. The SMILES string of the molecule is CCCCOc1c(Cl)cc(C(=O)NCC(N)C2CC2)cc1OCC. The van der Waals surface area contributed by atoms with Gasteiger partial charge in [-0.25, -0.2) is 0 Å². The number of benzene rings is 1. The van der Waals surface area contributed by atoms with Gasteiger partial charge >= 0.3 is 0 Å². The van der Waals surface area contributed by atoms with Gasteiger partial charge in [0.1, 0.15) is 0 Å². The van der Waals surface area contributed by atoms with Gasteiger partial charge in [0.25, 0.3) is 5.91 Å². The first-order valence-electron chi connectivity index (χ1n) is 8.69. The van der Waals surface area contributed by atoms with Gasteiger partial charge in [0.15, 0.2) is 11.5 Å². The van der Waals surface area contributed by atoms with Crippen LogP contribution in [0, 0.1) is 5.92 Å². The van der Waals surface area contributed by atoms with Crippen LogP contribution in [0.5, 0.6) is 11.5 Å². The van der Waals surface area contributed by atoms with E-state index in [0.29, 0.717) is 47.8 Å². The summed E-state index contributed by atoms with van der Waals surface area (Å²) >= 11 is 6.31. The van der Waals surface area contributed by atoms with Crippen molar-refractivity contribution in [3.63, 3.8) is 0 Å². The fourth-order valence-corrected chi connectivity index (χ4v) is 2.69. The maximum atomic E-state index is 12.4. The molecule has 1 unspecified atom stereocenters. The second-order valence-electron chi connectivity index (χ2n) is 6.13. The lowest BCUT2D eigenvalue weighted by molar-refractivity contribution is 0.0949. The maximum absolute atomic E-state index is 12.4. The molecule has 0 saturated heterocycles. The van der Waals surface area contributed by atoms with E-state index in [1.165, 1.54) is 0 Å². The van der Waals surface area contributed by atoms with Crippen LogP contribution in [0.25, 0.3) is 0 Å². The molecule has 1 aromatic rings. The number of hydrogen-bond acceptors (Lipinski definition) is 4. The number of hydrogen-bond donors (Lipinski definition) is 2. The van der Waals surface area contributed by atoms with Gasteiger partial charge in [-0.2, -0.15) is 0 Å². The summed E-state index contributed by atoms with van der Waals surface area (Å²) in [6, 6.07) is 3.31. The number of nitrogens with one attached hydrogen (secondary N) is 1. The Bertz CT molecular complexity index is 561. The summed E-state index contributed by atoms with van der Waals surface area (Å²) in [5.74, 6) is 1.34. The molecule has 134 valence electrons. The number of unbranched alkanes of at least 4 members (excludes halogenated alkanes) is 1. The summed E-state index contributed by atoms with van der Waals surface area (Å²) in [5.41, 5.74) is 6.47. The average molecular weight is 355 g/mol. The fraction of sp³-hybridized carbons (Fsp3) is 0.611. The van der Waals surface area contributed by atoms with Crippen LogP contribution in [-0.4, -0.2) is 31.7 Å². The first-order chi connectivity index (χ1) is 11.6. The lowest BCUT2D eigenvalue weighted by atomic mass is 10.1. The molecule has 0 spiro atoms. The second-order valence-corrected chi connectivity index (χ2v) is 6.54. The Labute approximate surface area is 148 Å². The number of carbonyl (C=O) groups excluding carboxylic acids is 1. The normalized spacial score (nSPS) is 15.0. The molecule has 0 heterocycles. The van der Waals surface area contributed by atoms with Crippen molar-refractivity contribution < 1.29 is 14.3 Å². The van der Waals surface area contributed by atoms with E-state index in [4.69, 9.17) is 26.8 Å². The predicted molar refractivity (Wildman–Crippen MR) is 96.1 cm³/mol. The molecule has 0 bridgehead atoms. The summed E-state index contributed by atoms with van der Waals surface area (Å²) in [6.07, 6.45) is 4.27. The molecule has 1 amide bonds. The Balaban J connectivity index is 2.06. The van der Waals surface area contributed by atoms with Crippen molar-refractivity contribution in [2.24, 2.45) is 11.7 Å². The van der Waals surface area contributed by atoms with Crippen molar-refractivity contribution in [2.75, 3.05) is 19.8 Å². The highest BCUT2D eigenvalue weighted by molar-refractivity contribution is 6.32. The van der Waals surface area contributed by atoms with Crippen molar-refractivity contribution in [1.82, 2.24) is 5.32 Å². The maximum Gasteiger partial charge on any atom is 0.251 e. The highest BCUT2D eigenvalue weighted by atomic mass is 35.5. The molecule has 6 heteroatoms. The number of rotatable bonds is 10. The third-order valence-corrected chi connectivity index (χ3v) is 4.32. The summed E-state index contributed by atoms with van der Waals surface area (Å²) in [5, 5.41) is 3.25. The van der Waals surface area contributed by atoms with E-state index in [9.17, 15) is 4.79 Å². The number of halogens is 1. The zero-order chi connectivity index (χ0) is 17.5. The molecular weight excluding hydrogens is 328 g/mol. The summed E-state index contributed by atoms with van der Waals surface area (Å²) in [4.78, 5) is 12.4. The highest BCUT2D eigenvalue weighted by Crippen LogP contribution is 2.37. The van der Waals surface area contributed by atoms with E-state index in [1.807, 2.05) is 6.92 Å². The van der Waals surface area contributed by atoms with Crippen molar-refractivity contribution in [2.45, 2.75) is 45.6 Å². The van der Waals surface area contributed by atoms with Crippen LogP contribution in [-0.2, 0) is 0 Å². The molecule has 5 nitrogen and oxygen atoms in total. The van der Waals surface area contributed by atoms with E-state index < -0.39 is 0 Å². The van der Waals surface area contributed by atoms with Gasteiger partial charge in [-0.05, 0) is 44.2 Å². The Kier molecular flexibility index (Phi) is 7.18. The number of amides is 1. The van der Waals surface area contributed by atoms with Gasteiger partial charge in [0, 0.05) is 18.2 Å². The number of nitrogens with two attached hydrogens (primary N) is 1. The Morgan fingerprint density at radius 2 is 2.12 bits per heavy atom. The first-order valence-corrected chi connectivity index (χ1v) is 9.07. The largest absolute Gasteiger partial charge is 0.490 e. The van der Waals surface area contributed by atoms with Crippen molar-refractivity contribution >= 4 is 17.5 Å². The van der Waals surface area contributed by atoms with Crippen LogP contribution in [0.3, 0.4) is 0 Å². The standard InChI is InChI=1S/C18H27ClN2O3/c1-3-5-8-24-17-14(19)9-13(10-16(17)23-4-2)18(22)21-11-15(20)12-6-7-12/h9-10,12,15H,3-8,11,20H2,1-2H3,(H,21,22). The molecule has 24 heavy (non-hydrogen) atoms. The van der Waals surface area contributed by atoms with Gasteiger partial charge in [0.05, 0.1) is 18.2 Å². The van der Waals surface area contributed by atoms with Gasteiger partial charge in [-0.1, -0.05) is 24.9 Å². The molecule has 1 atom stereocenters. The average Bonchev–Trinajstić information content (AvgIpc) is 3.39. The lowest BCUT2D eigenvalue weighted by Gasteiger charge is -2.16. The number of carbonyl (C=O) groups is 1. The summed E-state index contributed by atoms with van der Waals surface area (Å²) in [6.45, 7) is 5.48. The molecule has 0 radical (unpaired) electrons. The second kappa shape index (κ2) is 9.14. The first kappa shape index (κ1) is 18.9. The molecule has 0 aliphatic heterocycles. The minimum Gasteiger partial charge on any atom is -0.490 e. The Morgan fingerprint density at radius 1 is 1.38 bits per heavy atom. The molecule has 2 rings (SSSR count). The van der Waals surface area contributed by atoms with Crippen LogP contribution in [0.15, 0.2) is 12.1 Å². The van der Waals surface area contributed by atoms with Gasteiger partial charge in [0.2, 0.25) is 0 Å². The highest BCUT2D eigenvalue weighted by Gasteiger charge is 2.28. The molecule has 1 fully saturated rings. The Morgan fingerprint density at radius 3 is 2.75 bits per heavy atom. The van der Waals surface area contributed by atoms with E-state index in [-0.39, 0.29) is 11.9 Å². The Hall–Kier alpha value is -1.46. The topological polar surface area (TPSA) is 73.6 Å². The monoisotopic (exact) mass is 354 g/mol. The molecule has 1 aliphatic carbocycles. The summed E-state index contributed by atoms with van der Waals surface area (Å²) in [7, 11) is 0. The van der Waals surface area contributed by atoms with E-state index >= 15 is 0 Å². The minimum absolute atomic E-state index is 0.0208. The van der Waals surface area contributed by atoms with Crippen molar-refractivity contribution in [3.05, 3.63) is 22.7 Å². The van der Waals surface area contributed by atoms with Gasteiger partial charge in [-0.3, -0.25) is 4.79 Å². The third-order valence-electron chi connectivity index (χ3n) is 4.04. The van der Waals surface area contributed by atoms with Crippen LogP contribution >= 0.6 is 11.6 Å². The molecule has 1 saturated carbocycles. The summed E-state index contributed by atoms with van der Waals surface area (Å²) < 4.78 is 11.3. The lowest BCUT2D eigenvalue weighted by Crippen LogP contribution is -2.38. The smallest absolute Gasteiger partial charge is 0.251 e. The number of ether oxygens (including phenoxy) is 2.